The van der Waals surface area contributed by atoms with Crippen molar-refractivity contribution in [3.8, 4) is 0 Å². The molecular formula is C21H30N2O3. The minimum atomic E-state index is -0.428. The van der Waals surface area contributed by atoms with E-state index in [9.17, 15) is 9.59 Å². The minimum absolute atomic E-state index is 0.00428. The van der Waals surface area contributed by atoms with Gasteiger partial charge in [-0.05, 0) is 56.1 Å². The maximum Gasteiger partial charge on any atom is 0.407 e. The number of nitrogens with zero attached hydrogens (tertiary/aromatic N) is 1. The van der Waals surface area contributed by atoms with E-state index in [4.69, 9.17) is 0 Å². The van der Waals surface area contributed by atoms with Crippen LogP contribution in [0.25, 0.3) is 0 Å². The summed E-state index contributed by atoms with van der Waals surface area (Å²) in [5.74, 6) is 0.777. The molecule has 2 fully saturated rings. The minimum Gasteiger partial charge on any atom is -0.453 e. The molecule has 2 saturated carbocycles. The van der Waals surface area contributed by atoms with Gasteiger partial charge in [0.25, 0.3) is 0 Å². The Bertz CT molecular complexity index is 676. The highest BCUT2D eigenvalue weighted by molar-refractivity contribution is 5.81. The quantitative estimate of drug-likeness (QED) is 0.877. The first kappa shape index (κ1) is 18.7. The molecule has 2 aliphatic rings. The zero-order chi connectivity index (χ0) is 18.9. The second-order valence-corrected chi connectivity index (χ2v) is 8.15. The molecule has 0 radical (unpaired) electrons. The molecule has 26 heavy (non-hydrogen) atoms. The summed E-state index contributed by atoms with van der Waals surface area (Å²) >= 11 is 0. The lowest BCUT2D eigenvalue weighted by molar-refractivity contribution is -0.143. The van der Waals surface area contributed by atoms with Crippen LogP contribution in [0.15, 0.2) is 24.3 Å². The van der Waals surface area contributed by atoms with Crippen molar-refractivity contribution in [2.45, 2.75) is 63.5 Å². The molecule has 2 amide bonds. The smallest absolute Gasteiger partial charge is 0.407 e. The molecule has 0 bridgehead atoms. The Morgan fingerprint density at radius 3 is 2.62 bits per heavy atom. The Labute approximate surface area is 156 Å². The summed E-state index contributed by atoms with van der Waals surface area (Å²) in [5.41, 5.74) is 2.46. The van der Waals surface area contributed by atoms with Crippen LogP contribution >= 0.6 is 0 Å². The average Bonchev–Trinajstić information content (AvgIpc) is 2.57. The first-order valence-corrected chi connectivity index (χ1v) is 9.57. The van der Waals surface area contributed by atoms with Crippen molar-refractivity contribution in [3.63, 3.8) is 0 Å². The largest absolute Gasteiger partial charge is 0.453 e. The van der Waals surface area contributed by atoms with E-state index in [1.165, 1.54) is 18.2 Å². The normalized spacial score (nSPS) is 29.9. The maximum absolute atomic E-state index is 12.7. The number of carbonyl (C=O) groups excluding carboxylic acids is 2. The number of ether oxygens (including phenoxy) is 1. The summed E-state index contributed by atoms with van der Waals surface area (Å²) in [6.45, 7) is 4.14. The van der Waals surface area contributed by atoms with Gasteiger partial charge in [0, 0.05) is 24.5 Å². The van der Waals surface area contributed by atoms with Crippen LogP contribution in [0.3, 0.4) is 0 Å². The molecule has 0 unspecified atom stereocenters. The van der Waals surface area contributed by atoms with Crippen molar-refractivity contribution in [3.05, 3.63) is 35.4 Å². The summed E-state index contributed by atoms with van der Waals surface area (Å²) in [5, 5.41) is 2.83. The molecule has 0 heterocycles. The molecule has 0 aliphatic heterocycles. The Hall–Kier alpha value is -2.04. The van der Waals surface area contributed by atoms with E-state index in [0.29, 0.717) is 24.8 Å². The number of alkyl carbamates (subject to hydrolysis) is 1. The molecule has 0 saturated heterocycles. The van der Waals surface area contributed by atoms with Crippen LogP contribution in [-0.2, 0) is 16.0 Å². The summed E-state index contributed by atoms with van der Waals surface area (Å²) < 4.78 is 4.65. The molecular weight excluding hydrogens is 328 g/mol. The Kier molecular flexibility index (Phi) is 5.26. The average molecular weight is 358 g/mol. The number of methoxy groups -OCH3 is 1. The standard InChI is InChI=1S/C21H30N2O3/c1-5-14-7-6-8-15(9-14)16-10-18(11-16)23(3)19(24)17-12-21(2,13-17)22-20(25)26-4/h6-9,16-18H,5,10-13H2,1-4H3,(H,22,25). The van der Waals surface area contributed by atoms with Crippen LogP contribution < -0.4 is 5.32 Å². The van der Waals surface area contributed by atoms with E-state index in [-0.39, 0.29) is 17.4 Å². The van der Waals surface area contributed by atoms with Gasteiger partial charge >= 0.3 is 6.09 Å². The number of hydrogen-bond acceptors (Lipinski definition) is 3. The van der Waals surface area contributed by atoms with E-state index in [2.05, 4.69) is 41.2 Å². The number of carbonyl (C=O) groups is 2. The van der Waals surface area contributed by atoms with Gasteiger partial charge in [-0.2, -0.15) is 0 Å². The van der Waals surface area contributed by atoms with Crippen molar-refractivity contribution in [2.75, 3.05) is 14.2 Å². The summed E-state index contributed by atoms with van der Waals surface area (Å²) in [4.78, 5) is 26.0. The Morgan fingerprint density at radius 2 is 2.00 bits per heavy atom. The van der Waals surface area contributed by atoms with Crippen LogP contribution in [0.5, 0.6) is 0 Å². The highest BCUT2D eigenvalue weighted by atomic mass is 16.5. The molecule has 1 aromatic rings. The van der Waals surface area contributed by atoms with Gasteiger partial charge < -0.3 is 15.0 Å². The van der Waals surface area contributed by atoms with Gasteiger partial charge in [-0.1, -0.05) is 31.2 Å². The number of benzene rings is 1. The fraction of sp³-hybridized carbons (Fsp3) is 0.619. The van der Waals surface area contributed by atoms with Gasteiger partial charge in [0.1, 0.15) is 0 Å². The molecule has 3 rings (SSSR count). The van der Waals surface area contributed by atoms with Gasteiger partial charge in [-0.25, -0.2) is 4.79 Å². The number of amides is 2. The number of rotatable bonds is 5. The third kappa shape index (κ3) is 3.71. The molecule has 2 aliphatic carbocycles. The highest BCUT2D eigenvalue weighted by Crippen LogP contribution is 2.43. The molecule has 142 valence electrons. The van der Waals surface area contributed by atoms with Crippen LogP contribution in [0.4, 0.5) is 4.79 Å². The van der Waals surface area contributed by atoms with Gasteiger partial charge in [-0.15, -0.1) is 0 Å². The molecule has 1 N–H and O–H groups in total. The number of hydrogen-bond donors (Lipinski definition) is 1. The van der Waals surface area contributed by atoms with Crippen LogP contribution in [-0.4, -0.2) is 42.6 Å². The molecule has 5 nitrogen and oxygen atoms in total. The van der Waals surface area contributed by atoms with Crippen molar-refractivity contribution in [1.82, 2.24) is 10.2 Å². The molecule has 5 heteroatoms. The predicted molar refractivity (Wildman–Crippen MR) is 101 cm³/mol. The van der Waals surface area contributed by atoms with Gasteiger partial charge in [-0.3, -0.25) is 4.79 Å². The zero-order valence-corrected chi connectivity index (χ0v) is 16.2. The van der Waals surface area contributed by atoms with Crippen LogP contribution in [0.1, 0.15) is 56.6 Å². The Balaban J connectivity index is 1.48. The maximum atomic E-state index is 12.7. The van der Waals surface area contributed by atoms with E-state index in [1.54, 1.807) is 0 Å². The van der Waals surface area contributed by atoms with Crippen molar-refractivity contribution in [2.24, 2.45) is 5.92 Å². The van der Waals surface area contributed by atoms with E-state index >= 15 is 0 Å². The molecule has 0 aromatic heterocycles. The number of nitrogens with one attached hydrogen (secondary N) is 1. The van der Waals surface area contributed by atoms with Crippen molar-refractivity contribution >= 4 is 12.0 Å². The van der Waals surface area contributed by atoms with Crippen molar-refractivity contribution in [1.29, 1.82) is 0 Å². The highest BCUT2D eigenvalue weighted by Gasteiger charge is 2.47. The summed E-state index contributed by atoms with van der Waals surface area (Å²) in [6, 6.07) is 9.15. The molecule has 1 aromatic carbocycles. The number of aryl methyl sites for hydroxylation is 1. The topological polar surface area (TPSA) is 58.6 Å². The Morgan fingerprint density at radius 1 is 1.31 bits per heavy atom. The van der Waals surface area contributed by atoms with Gasteiger partial charge in [0.05, 0.1) is 7.11 Å². The van der Waals surface area contributed by atoms with Crippen LogP contribution in [0, 0.1) is 5.92 Å². The third-order valence-corrected chi connectivity index (χ3v) is 6.17. The third-order valence-electron chi connectivity index (χ3n) is 6.17. The van der Waals surface area contributed by atoms with Crippen molar-refractivity contribution < 1.29 is 14.3 Å². The van der Waals surface area contributed by atoms with Gasteiger partial charge in [0.15, 0.2) is 0 Å². The zero-order valence-electron chi connectivity index (χ0n) is 16.2. The van der Waals surface area contributed by atoms with E-state index < -0.39 is 6.09 Å². The predicted octanol–water partition coefficient (Wildman–Crippen LogP) is 3.48. The second kappa shape index (κ2) is 7.29. The fourth-order valence-corrected chi connectivity index (χ4v) is 4.31. The summed E-state index contributed by atoms with van der Waals surface area (Å²) in [6.07, 6.45) is 4.07. The molecule has 0 spiro atoms. The fourth-order valence-electron chi connectivity index (χ4n) is 4.31. The lowest BCUT2D eigenvalue weighted by atomic mass is 9.68. The second-order valence-electron chi connectivity index (χ2n) is 8.15. The lowest BCUT2D eigenvalue weighted by Crippen LogP contribution is -2.59. The van der Waals surface area contributed by atoms with Gasteiger partial charge in [0.2, 0.25) is 5.91 Å². The van der Waals surface area contributed by atoms with E-state index in [0.717, 1.165) is 19.3 Å². The van der Waals surface area contributed by atoms with E-state index in [1.807, 2.05) is 18.9 Å². The lowest BCUT2D eigenvalue weighted by Gasteiger charge is -2.48. The summed E-state index contributed by atoms with van der Waals surface area (Å²) in [7, 11) is 3.28. The SMILES string of the molecule is CCc1cccc(C2CC(N(C)C(=O)C3CC(C)(NC(=O)OC)C3)C2)c1. The van der Waals surface area contributed by atoms with Crippen LogP contribution in [0.2, 0.25) is 0 Å². The monoisotopic (exact) mass is 358 g/mol. The molecule has 0 atom stereocenters. The first-order valence-electron chi connectivity index (χ1n) is 9.57. The first-order chi connectivity index (χ1) is 12.3.